The summed E-state index contributed by atoms with van der Waals surface area (Å²) in [6.45, 7) is 7.54. The summed E-state index contributed by atoms with van der Waals surface area (Å²) in [5.41, 5.74) is 2.35. The van der Waals surface area contributed by atoms with Crippen LogP contribution < -0.4 is 10.6 Å². The molecule has 0 spiro atoms. The maximum Gasteiger partial charge on any atom is 0.235 e. The van der Waals surface area contributed by atoms with Gasteiger partial charge < -0.3 is 20.1 Å². The predicted octanol–water partition coefficient (Wildman–Crippen LogP) is 1.72. The number of piperazine rings is 1. The van der Waals surface area contributed by atoms with Crippen molar-refractivity contribution in [2.24, 2.45) is 0 Å². The highest BCUT2D eigenvalue weighted by molar-refractivity contribution is 8.00. The second-order valence-corrected chi connectivity index (χ2v) is 8.53. The molecule has 0 unspecified atom stereocenters. The first kappa shape index (κ1) is 22.3. The Labute approximate surface area is 181 Å². The van der Waals surface area contributed by atoms with Gasteiger partial charge in [0.1, 0.15) is 5.76 Å². The van der Waals surface area contributed by atoms with Crippen molar-refractivity contribution in [3.8, 4) is 0 Å². The van der Waals surface area contributed by atoms with E-state index >= 15 is 0 Å². The molecule has 2 N–H and O–H groups in total. The quantitative estimate of drug-likeness (QED) is 0.625. The van der Waals surface area contributed by atoms with E-state index in [1.165, 1.54) is 17.3 Å². The summed E-state index contributed by atoms with van der Waals surface area (Å²) >= 11 is 1.26. The highest BCUT2D eigenvalue weighted by Gasteiger charge is 2.14. The van der Waals surface area contributed by atoms with Crippen molar-refractivity contribution in [2.75, 3.05) is 50.0 Å². The number of amides is 2. The Bertz CT molecular complexity index is 849. The van der Waals surface area contributed by atoms with Gasteiger partial charge in [0.15, 0.2) is 5.82 Å². The minimum Gasteiger partial charge on any atom is -0.360 e. The van der Waals surface area contributed by atoms with Crippen LogP contribution in [0.3, 0.4) is 0 Å². The molecule has 30 heavy (non-hydrogen) atoms. The molecule has 1 saturated heterocycles. The zero-order chi connectivity index (χ0) is 21.3. The third-order valence-electron chi connectivity index (χ3n) is 4.84. The number of anilines is 1. The second kappa shape index (κ2) is 11.1. The molecular formula is C21H29N5O3S. The van der Waals surface area contributed by atoms with Crippen LogP contribution in [0.2, 0.25) is 0 Å². The number of nitrogens with zero attached hydrogens (tertiary/aromatic N) is 3. The molecule has 0 saturated carbocycles. The third kappa shape index (κ3) is 7.47. The summed E-state index contributed by atoms with van der Waals surface area (Å²) in [6.07, 6.45) is 0. The van der Waals surface area contributed by atoms with Crippen LogP contribution in [0.1, 0.15) is 16.9 Å². The van der Waals surface area contributed by atoms with Crippen LogP contribution in [0.4, 0.5) is 5.82 Å². The first-order chi connectivity index (χ1) is 14.5. The van der Waals surface area contributed by atoms with Crippen molar-refractivity contribution < 1.29 is 14.1 Å². The third-order valence-corrected chi connectivity index (χ3v) is 5.78. The lowest BCUT2D eigenvalue weighted by Gasteiger charge is -2.32. The molecule has 2 amide bonds. The summed E-state index contributed by atoms with van der Waals surface area (Å²) in [4.78, 5) is 28.7. The standard InChI is InChI=1S/C21H29N5O3S/c1-16-10-19(24-29-16)23-21(28)15-30-14-20(27)22-12-17-4-3-5-18(11-17)13-26-8-6-25(2)7-9-26/h3-5,10-11H,6-9,12-15H2,1-2H3,(H,22,27)(H,23,24,28). The number of hydrogen-bond acceptors (Lipinski definition) is 7. The van der Waals surface area contributed by atoms with Crippen molar-refractivity contribution in [3.05, 3.63) is 47.2 Å². The lowest BCUT2D eigenvalue weighted by Crippen LogP contribution is -2.43. The molecule has 0 aliphatic carbocycles. The zero-order valence-electron chi connectivity index (χ0n) is 17.5. The number of rotatable bonds is 9. The molecule has 1 aliphatic rings. The highest BCUT2D eigenvalue weighted by atomic mass is 32.2. The van der Waals surface area contributed by atoms with E-state index in [1.54, 1.807) is 13.0 Å². The Morgan fingerprint density at radius 3 is 2.57 bits per heavy atom. The van der Waals surface area contributed by atoms with Gasteiger partial charge in [-0.25, -0.2) is 0 Å². The molecule has 2 aromatic rings. The van der Waals surface area contributed by atoms with E-state index in [-0.39, 0.29) is 23.3 Å². The maximum absolute atomic E-state index is 12.1. The predicted molar refractivity (Wildman–Crippen MR) is 118 cm³/mol. The first-order valence-electron chi connectivity index (χ1n) is 10.0. The number of benzene rings is 1. The van der Waals surface area contributed by atoms with Crippen molar-refractivity contribution in [3.63, 3.8) is 0 Å². The summed E-state index contributed by atoms with van der Waals surface area (Å²) in [7, 11) is 2.16. The minimum atomic E-state index is -0.210. The summed E-state index contributed by atoms with van der Waals surface area (Å²) < 4.78 is 4.90. The molecule has 1 aromatic heterocycles. The zero-order valence-corrected chi connectivity index (χ0v) is 18.3. The average molecular weight is 432 g/mol. The number of thioether (sulfide) groups is 1. The number of carbonyl (C=O) groups excluding carboxylic acids is 2. The molecule has 1 fully saturated rings. The van der Waals surface area contributed by atoms with Crippen LogP contribution in [0.25, 0.3) is 0 Å². The Morgan fingerprint density at radius 2 is 1.83 bits per heavy atom. The van der Waals surface area contributed by atoms with Crippen molar-refractivity contribution >= 4 is 29.4 Å². The molecule has 8 nitrogen and oxygen atoms in total. The largest absolute Gasteiger partial charge is 0.360 e. The minimum absolute atomic E-state index is 0.0884. The van der Waals surface area contributed by atoms with E-state index in [0.717, 1.165) is 38.3 Å². The van der Waals surface area contributed by atoms with Gasteiger partial charge in [0, 0.05) is 45.3 Å². The number of aromatic nitrogens is 1. The fourth-order valence-corrected chi connectivity index (χ4v) is 3.84. The van der Waals surface area contributed by atoms with E-state index < -0.39 is 0 Å². The molecule has 3 rings (SSSR count). The van der Waals surface area contributed by atoms with Gasteiger partial charge in [0.25, 0.3) is 0 Å². The fourth-order valence-electron chi connectivity index (χ4n) is 3.19. The topological polar surface area (TPSA) is 90.7 Å². The van der Waals surface area contributed by atoms with Crippen LogP contribution in [0, 0.1) is 6.92 Å². The van der Waals surface area contributed by atoms with Crippen LogP contribution in [-0.4, -0.2) is 71.5 Å². The molecule has 0 bridgehead atoms. The molecule has 9 heteroatoms. The van der Waals surface area contributed by atoms with Gasteiger partial charge in [-0.1, -0.05) is 29.4 Å². The summed E-state index contributed by atoms with van der Waals surface area (Å²) in [5, 5.41) is 9.27. The van der Waals surface area contributed by atoms with Crippen LogP contribution in [0.5, 0.6) is 0 Å². The van der Waals surface area contributed by atoms with Gasteiger partial charge in [-0.3, -0.25) is 14.5 Å². The van der Waals surface area contributed by atoms with Crippen molar-refractivity contribution in [2.45, 2.75) is 20.0 Å². The van der Waals surface area contributed by atoms with Crippen molar-refractivity contribution in [1.29, 1.82) is 0 Å². The maximum atomic E-state index is 12.1. The Hall–Kier alpha value is -2.36. The second-order valence-electron chi connectivity index (χ2n) is 7.54. The van der Waals surface area contributed by atoms with E-state index in [1.807, 2.05) is 12.1 Å². The first-order valence-corrected chi connectivity index (χ1v) is 11.2. The Balaban J connectivity index is 1.34. The van der Waals surface area contributed by atoms with Crippen LogP contribution >= 0.6 is 11.8 Å². The number of aryl methyl sites for hydroxylation is 1. The number of nitrogens with one attached hydrogen (secondary N) is 2. The van der Waals surface area contributed by atoms with E-state index in [9.17, 15) is 9.59 Å². The molecule has 0 atom stereocenters. The Kier molecular flexibility index (Phi) is 8.30. The Morgan fingerprint density at radius 1 is 1.10 bits per heavy atom. The molecule has 0 radical (unpaired) electrons. The number of hydrogen-bond donors (Lipinski definition) is 2. The smallest absolute Gasteiger partial charge is 0.235 e. The normalized spacial score (nSPS) is 15.1. The molecular weight excluding hydrogens is 402 g/mol. The van der Waals surface area contributed by atoms with Crippen LogP contribution in [-0.2, 0) is 22.7 Å². The van der Waals surface area contributed by atoms with E-state index in [0.29, 0.717) is 18.1 Å². The molecule has 1 aromatic carbocycles. The van der Waals surface area contributed by atoms with E-state index in [2.05, 4.69) is 44.8 Å². The van der Waals surface area contributed by atoms with Crippen molar-refractivity contribution in [1.82, 2.24) is 20.3 Å². The van der Waals surface area contributed by atoms with Gasteiger partial charge in [-0.15, -0.1) is 11.8 Å². The average Bonchev–Trinajstić information content (AvgIpc) is 3.13. The van der Waals surface area contributed by atoms with Gasteiger partial charge in [0.05, 0.1) is 11.5 Å². The van der Waals surface area contributed by atoms with Gasteiger partial charge in [-0.2, -0.15) is 0 Å². The van der Waals surface area contributed by atoms with Gasteiger partial charge in [0.2, 0.25) is 11.8 Å². The summed E-state index contributed by atoms with van der Waals surface area (Å²) in [5.74, 6) is 1.13. The van der Waals surface area contributed by atoms with Crippen LogP contribution in [0.15, 0.2) is 34.9 Å². The van der Waals surface area contributed by atoms with Gasteiger partial charge in [-0.05, 0) is 25.1 Å². The van der Waals surface area contributed by atoms with E-state index in [4.69, 9.17) is 4.52 Å². The molecule has 2 heterocycles. The SMILES string of the molecule is Cc1cc(NC(=O)CSCC(=O)NCc2cccc(CN3CCN(C)CC3)c2)no1. The van der Waals surface area contributed by atoms with Gasteiger partial charge >= 0.3 is 0 Å². The number of likely N-dealkylation sites (N-methyl/N-ethyl adjacent to an activating group) is 1. The highest BCUT2D eigenvalue weighted by Crippen LogP contribution is 2.11. The molecule has 162 valence electrons. The monoisotopic (exact) mass is 431 g/mol. The number of carbonyl (C=O) groups is 2. The molecule has 1 aliphatic heterocycles. The summed E-state index contributed by atoms with van der Waals surface area (Å²) in [6, 6.07) is 9.99. The lowest BCUT2D eigenvalue weighted by molar-refractivity contribution is -0.118. The fraction of sp³-hybridized carbons (Fsp3) is 0.476. The lowest BCUT2D eigenvalue weighted by atomic mass is 10.1.